The first-order chi connectivity index (χ1) is 17.2. The predicted octanol–water partition coefficient (Wildman–Crippen LogP) is 4.48. The van der Waals surface area contributed by atoms with Gasteiger partial charge in [-0.2, -0.15) is 0 Å². The van der Waals surface area contributed by atoms with E-state index < -0.39 is 35.8 Å². The highest BCUT2D eigenvalue weighted by Gasteiger charge is 2.39. The van der Waals surface area contributed by atoms with Crippen molar-refractivity contribution in [3.63, 3.8) is 0 Å². The molecule has 0 bridgehead atoms. The minimum atomic E-state index is -1.51. The number of alkyl halides is 1. The lowest BCUT2D eigenvalue weighted by atomic mass is 9.82. The van der Waals surface area contributed by atoms with E-state index in [0.717, 1.165) is 12.8 Å². The molecule has 2 aromatic heterocycles. The van der Waals surface area contributed by atoms with Crippen LogP contribution >= 0.6 is 0 Å². The molecule has 0 amide bonds. The summed E-state index contributed by atoms with van der Waals surface area (Å²) in [5.74, 6) is 1.97. The standard InChI is InChI=1S/C28H31F2N3O3/c1-4-17-9-10-19(34)15-28(36,14-17)22-13-21-24(11-12-31-26(21)33(3)27(22)35)32-23(5-2)20-8-6-7-18(16-29)25(20)30/h2,6-8,11-13,17,19,23,34,36H,4,9-10,14-16H2,1,3H3,(H,31,32). The first-order valence-corrected chi connectivity index (χ1v) is 12.2. The quantitative estimate of drug-likeness (QED) is 0.347. The van der Waals surface area contributed by atoms with Gasteiger partial charge in [0.15, 0.2) is 0 Å². The molecule has 0 saturated heterocycles. The van der Waals surface area contributed by atoms with E-state index in [1.165, 1.54) is 22.9 Å². The number of terminal acetylenes is 1. The lowest BCUT2D eigenvalue weighted by molar-refractivity contribution is -0.0218. The fourth-order valence-corrected chi connectivity index (χ4v) is 5.26. The van der Waals surface area contributed by atoms with Gasteiger partial charge in [-0.25, -0.2) is 13.8 Å². The number of halogens is 2. The summed E-state index contributed by atoms with van der Waals surface area (Å²) in [4.78, 5) is 17.7. The van der Waals surface area contributed by atoms with Crippen LogP contribution in [0.3, 0.4) is 0 Å². The zero-order valence-corrected chi connectivity index (χ0v) is 20.5. The van der Waals surface area contributed by atoms with E-state index in [9.17, 15) is 23.8 Å². The zero-order chi connectivity index (χ0) is 26.0. The molecule has 4 unspecified atom stereocenters. The smallest absolute Gasteiger partial charge is 0.258 e. The van der Waals surface area contributed by atoms with Crippen LogP contribution in [0.25, 0.3) is 11.0 Å². The Labute approximate surface area is 209 Å². The van der Waals surface area contributed by atoms with Crippen LogP contribution in [0.1, 0.15) is 61.8 Å². The SMILES string of the molecule is C#CC(Nc1ccnc2c1cc(C1(O)CC(O)CCC(CC)C1)c(=O)n2C)c1cccc(CF)c1F. The Balaban J connectivity index is 1.84. The van der Waals surface area contributed by atoms with Gasteiger partial charge < -0.3 is 15.5 Å². The number of nitrogens with one attached hydrogen (secondary N) is 1. The molecular formula is C28H31F2N3O3. The van der Waals surface area contributed by atoms with Gasteiger partial charge in [-0.3, -0.25) is 9.36 Å². The monoisotopic (exact) mass is 495 g/mol. The molecule has 3 aromatic rings. The average molecular weight is 496 g/mol. The van der Waals surface area contributed by atoms with Crippen molar-refractivity contribution in [2.24, 2.45) is 13.0 Å². The third-order valence-electron chi connectivity index (χ3n) is 7.33. The van der Waals surface area contributed by atoms with Crippen LogP contribution in [0.4, 0.5) is 14.5 Å². The third kappa shape index (κ3) is 4.73. The number of aliphatic hydroxyl groups is 2. The number of aryl methyl sites for hydroxylation is 1. The first kappa shape index (κ1) is 25.8. The average Bonchev–Trinajstić information content (AvgIpc) is 3.02. The minimum absolute atomic E-state index is 0.0570. The van der Waals surface area contributed by atoms with Gasteiger partial charge in [0.05, 0.1) is 11.7 Å². The van der Waals surface area contributed by atoms with Crippen LogP contribution < -0.4 is 10.9 Å². The summed E-state index contributed by atoms with van der Waals surface area (Å²) in [6, 6.07) is 6.73. The van der Waals surface area contributed by atoms with E-state index in [-0.39, 0.29) is 29.0 Å². The molecule has 4 atom stereocenters. The summed E-state index contributed by atoms with van der Waals surface area (Å²) in [6.45, 7) is 1.08. The van der Waals surface area contributed by atoms with E-state index in [4.69, 9.17) is 6.42 Å². The lowest BCUT2D eigenvalue weighted by Crippen LogP contribution is -2.38. The molecular weight excluding hydrogens is 464 g/mol. The molecule has 0 aliphatic heterocycles. The molecule has 1 aromatic carbocycles. The molecule has 1 saturated carbocycles. The molecule has 1 aliphatic rings. The summed E-state index contributed by atoms with van der Waals surface area (Å²) >= 11 is 0. The maximum absolute atomic E-state index is 14.9. The minimum Gasteiger partial charge on any atom is -0.393 e. The van der Waals surface area contributed by atoms with E-state index in [1.54, 1.807) is 25.2 Å². The van der Waals surface area contributed by atoms with E-state index in [2.05, 4.69) is 16.2 Å². The Morgan fingerprint density at radius 3 is 2.81 bits per heavy atom. The lowest BCUT2D eigenvalue weighted by Gasteiger charge is -2.31. The zero-order valence-electron chi connectivity index (χ0n) is 20.5. The van der Waals surface area contributed by atoms with E-state index in [0.29, 0.717) is 29.6 Å². The Hall–Kier alpha value is -3.28. The van der Waals surface area contributed by atoms with Crippen LogP contribution in [0.2, 0.25) is 0 Å². The molecule has 4 rings (SSSR count). The number of benzene rings is 1. The second kappa shape index (κ2) is 10.4. The molecule has 0 spiro atoms. The number of hydrogen-bond donors (Lipinski definition) is 3. The molecule has 190 valence electrons. The highest BCUT2D eigenvalue weighted by Crippen LogP contribution is 2.40. The molecule has 0 radical (unpaired) electrons. The number of aliphatic hydroxyl groups excluding tert-OH is 1. The number of anilines is 1. The maximum Gasteiger partial charge on any atom is 0.258 e. The summed E-state index contributed by atoms with van der Waals surface area (Å²) in [5.41, 5.74) is -0.858. The first-order valence-electron chi connectivity index (χ1n) is 12.2. The topological polar surface area (TPSA) is 87.4 Å². The van der Waals surface area contributed by atoms with Crippen LogP contribution in [-0.4, -0.2) is 25.9 Å². The number of hydrogen-bond acceptors (Lipinski definition) is 5. The van der Waals surface area contributed by atoms with Gasteiger partial charge in [0.2, 0.25) is 0 Å². The predicted molar refractivity (Wildman–Crippen MR) is 136 cm³/mol. The fourth-order valence-electron chi connectivity index (χ4n) is 5.26. The number of aromatic nitrogens is 2. The second-order valence-electron chi connectivity index (χ2n) is 9.66. The van der Waals surface area contributed by atoms with Crippen molar-refractivity contribution in [3.8, 4) is 12.3 Å². The molecule has 2 heterocycles. The number of nitrogens with zero attached hydrogens (tertiary/aromatic N) is 2. The number of pyridine rings is 2. The van der Waals surface area contributed by atoms with Gasteiger partial charge in [-0.05, 0) is 37.3 Å². The van der Waals surface area contributed by atoms with E-state index >= 15 is 0 Å². The molecule has 36 heavy (non-hydrogen) atoms. The van der Waals surface area contributed by atoms with Gasteiger partial charge in [0, 0.05) is 47.4 Å². The summed E-state index contributed by atoms with van der Waals surface area (Å²) in [5, 5.41) is 25.9. The molecule has 6 nitrogen and oxygen atoms in total. The number of rotatable bonds is 6. The molecule has 1 aliphatic carbocycles. The number of fused-ring (bicyclic) bond motifs is 1. The Morgan fingerprint density at radius 1 is 1.33 bits per heavy atom. The van der Waals surface area contributed by atoms with Crippen LogP contribution in [0.15, 0.2) is 41.3 Å². The van der Waals surface area contributed by atoms with Crippen molar-refractivity contribution in [1.82, 2.24) is 9.55 Å². The maximum atomic E-state index is 14.9. The molecule has 8 heteroatoms. The summed E-state index contributed by atoms with van der Waals surface area (Å²) < 4.78 is 29.4. The van der Waals surface area contributed by atoms with Crippen LogP contribution in [0, 0.1) is 24.1 Å². The molecule has 3 N–H and O–H groups in total. The van der Waals surface area contributed by atoms with Crippen molar-refractivity contribution in [2.45, 2.75) is 63.4 Å². The highest BCUT2D eigenvalue weighted by molar-refractivity contribution is 5.90. The van der Waals surface area contributed by atoms with Crippen molar-refractivity contribution in [1.29, 1.82) is 0 Å². The van der Waals surface area contributed by atoms with Crippen molar-refractivity contribution in [2.75, 3.05) is 5.32 Å². The van der Waals surface area contributed by atoms with Gasteiger partial charge in [-0.15, -0.1) is 6.42 Å². The Morgan fingerprint density at radius 2 is 2.11 bits per heavy atom. The Bertz CT molecular complexity index is 1370. The fraction of sp³-hybridized carbons (Fsp3) is 0.429. The van der Waals surface area contributed by atoms with Crippen LogP contribution in [-0.2, 0) is 19.3 Å². The van der Waals surface area contributed by atoms with Gasteiger partial charge in [0.1, 0.15) is 24.2 Å². The van der Waals surface area contributed by atoms with E-state index in [1.807, 2.05) is 6.92 Å². The normalized spacial score (nSPS) is 23.1. The second-order valence-corrected chi connectivity index (χ2v) is 9.66. The van der Waals surface area contributed by atoms with Crippen LogP contribution in [0.5, 0.6) is 0 Å². The Kier molecular flexibility index (Phi) is 7.43. The van der Waals surface area contributed by atoms with Gasteiger partial charge >= 0.3 is 0 Å². The van der Waals surface area contributed by atoms with Crippen molar-refractivity contribution in [3.05, 3.63) is 69.4 Å². The largest absolute Gasteiger partial charge is 0.393 e. The van der Waals surface area contributed by atoms with Crippen molar-refractivity contribution >= 4 is 16.7 Å². The molecule has 1 fully saturated rings. The van der Waals surface area contributed by atoms with Gasteiger partial charge in [-0.1, -0.05) is 37.5 Å². The van der Waals surface area contributed by atoms with Gasteiger partial charge in [0.25, 0.3) is 5.56 Å². The van der Waals surface area contributed by atoms with Crippen molar-refractivity contribution < 1.29 is 19.0 Å². The third-order valence-corrected chi connectivity index (χ3v) is 7.33. The summed E-state index contributed by atoms with van der Waals surface area (Å²) in [7, 11) is 1.57. The summed E-state index contributed by atoms with van der Waals surface area (Å²) in [6.07, 6.45) is 9.09. The highest BCUT2D eigenvalue weighted by atomic mass is 19.1.